The minimum Gasteiger partial charge on any atom is -0.392 e. The maximum Gasteiger partial charge on any atom is 0.276 e. The quantitative estimate of drug-likeness (QED) is 0.469. The molecule has 10 heteroatoms. The maximum atomic E-state index is 12.5. The zero-order valence-corrected chi connectivity index (χ0v) is 15.8. The van der Waals surface area contributed by atoms with Crippen LogP contribution in [0.25, 0.3) is 11.0 Å². The van der Waals surface area contributed by atoms with E-state index in [1.54, 1.807) is 0 Å². The fraction of sp³-hybridized carbons (Fsp3) is 0.294. The van der Waals surface area contributed by atoms with Crippen LogP contribution < -0.4 is 21.4 Å². The van der Waals surface area contributed by atoms with Crippen LogP contribution in [0.15, 0.2) is 18.2 Å². The van der Waals surface area contributed by atoms with Crippen molar-refractivity contribution in [1.29, 1.82) is 0 Å². The summed E-state index contributed by atoms with van der Waals surface area (Å²) < 4.78 is 4.06. The third-order valence-electron chi connectivity index (χ3n) is 4.42. The Morgan fingerprint density at radius 1 is 1.33 bits per heavy atom. The summed E-state index contributed by atoms with van der Waals surface area (Å²) in [6.45, 7) is 2.93. The number of benzene rings is 1. The highest BCUT2D eigenvalue weighted by molar-refractivity contribution is 6.31. The monoisotopic (exact) mass is 390 g/mol. The van der Waals surface area contributed by atoms with Crippen molar-refractivity contribution in [2.24, 2.45) is 7.05 Å². The minimum absolute atomic E-state index is 0.0251. The Balaban J connectivity index is 1.92. The third kappa shape index (κ3) is 3.38. The molecule has 0 atom stereocenters. The molecule has 0 saturated heterocycles. The lowest BCUT2D eigenvalue weighted by atomic mass is 10.2. The van der Waals surface area contributed by atoms with Gasteiger partial charge in [0.05, 0.1) is 20.2 Å². The molecule has 0 bridgehead atoms. The number of carbonyl (C=O) groups is 1. The molecule has 142 valence electrons. The molecular formula is C17H21ClN7O2+. The van der Waals surface area contributed by atoms with E-state index in [9.17, 15) is 9.90 Å². The van der Waals surface area contributed by atoms with Crippen molar-refractivity contribution < 1.29 is 14.5 Å². The molecule has 3 rings (SSSR count). The number of halogens is 1. The van der Waals surface area contributed by atoms with Gasteiger partial charge in [-0.15, -0.1) is 0 Å². The van der Waals surface area contributed by atoms with E-state index in [4.69, 9.17) is 23.1 Å². The number of rotatable bonds is 5. The summed E-state index contributed by atoms with van der Waals surface area (Å²) in [5.74, 6) is 0.278. The Bertz CT molecular complexity index is 1030. The van der Waals surface area contributed by atoms with Crippen molar-refractivity contribution in [3.8, 4) is 0 Å². The fourth-order valence-corrected chi connectivity index (χ4v) is 3.17. The summed E-state index contributed by atoms with van der Waals surface area (Å²) in [4.78, 5) is 20.2. The SMILES string of the molecule is CCn1c(CNC(=O)c2nc(Cl)c(N)nc2N)[n+](C)c2ccc(CO)cc21. The minimum atomic E-state index is -0.495. The number of anilines is 2. The second kappa shape index (κ2) is 7.37. The Kier molecular flexibility index (Phi) is 5.15. The maximum absolute atomic E-state index is 12.5. The van der Waals surface area contributed by atoms with E-state index in [1.807, 2.05) is 36.7 Å². The molecule has 0 radical (unpaired) electrons. The Morgan fingerprint density at radius 2 is 2.07 bits per heavy atom. The van der Waals surface area contributed by atoms with Crippen molar-refractivity contribution >= 4 is 40.2 Å². The van der Waals surface area contributed by atoms with Gasteiger partial charge < -0.3 is 21.9 Å². The van der Waals surface area contributed by atoms with E-state index in [0.717, 1.165) is 22.4 Å². The number of aromatic nitrogens is 4. The molecule has 0 aliphatic rings. The van der Waals surface area contributed by atoms with Crippen LogP contribution in [0.1, 0.15) is 28.8 Å². The molecule has 27 heavy (non-hydrogen) atoms. The van der Waals surface area contributed by atoms with Gasteiger partial charge in [0.15, 0.2) is 33.5 Å². The van der Waals surface area contributed by atoms with Crippen LogP contribution in [0.4, 0.5) is 11.6 Å². The normalized spacial score (nSPS) is 11.1. The standard InChI is InChI=1S/C17H20ClN7O2/c1-3-25-11-6-9(8-26)4-5-10(11)24(2)12(25)7-21-17(27)13-15(19)23-16(20)14(18)22-13/h4-6,26H,3,7-8H2,1-2H3,(H4-,19,20,21,23,27)/p+1. The smallest absolute Gasteiger partial charge is 0.276 e. The van der Waals surface area contributed by atoms with Crippen LogP contribution in [-0.4, -0.2) is 25.5 Å². The van der Waals surface area contributed by atoms with Crippen LogP contribution in [-0.2, 0) is 26.7 Å². The van der Waals surface area contributed by atoms with Gasteiger partial charge in [-0.3, -0.25) is 4.79 Å². The van der Waals surface area contributed by atoms with Gasteiger partial charge in [0, 0.05) is 0 Å². The molecule has 0 aliphatic heterocycles. The summed E-state index contributed by atoms with van der Waals surface area (Å²) in [6, 6.07) is 5.76. The Labute approximate surface area is 160 Å². The summed E-state index contributed by atoms with van der Waals surface area (Å²) in [5, 5.41) is 12.1. The number of aliphatic hydroxyl groups is 1. The van der Waals surface area contributed by atoms with Crippen molar-refractivity contribution in [2.75, 3.05) is 11.5 Å². The first-order valence-electron chi connectivity index (χ1n) is 8.34. The lowest BCUT2D eigenvalue weighted by molar-refractivity contribution is -0.654. The van der Waals surface area contributed by atoms with Gasteiger partial charge in [-0.1, -0.05) is 17.7 Å². The molecule has 0 fully saturated rings. The molecule has 1 amide bonds. The van der Waals surface area contributed by atoms with Crippen LogP contribution in [0, 0.1) is 0 Å². The van der Waals surface area contributed by atoms with Crippen LogP contribution in [0.3, 0.4) is 0 Å². The Hall–Kier alpha value is -2.91. The molecule has 9 nitrogen and oxygen atoms in total. The number of fused-ring (bicyclic) bond motifs is 1. The number of hydrogen-bond acceptors (Lipinski definition) is 6. The van der Waals surface area contributed by atoms with Gasteiger partial charge in [-0.2, -0.15) is 0 Å². The largest absolute Gasteiger partial charge is 0.392 e. The zero-order valence-electron chi connectivity index (χ0n) is 15.0. The third-order valence-corrected chi connectivity index (χ3v) is 4.69. The zero-order chi connectivity index (χ0) is 19.7. The average Bonchev–Trinajstić information content (AvgIpc) is 2.93. The van der Waals surface area contributed by atoms with Crippen molar-refractivity contribution in [2.45, 2.75) is 26.6 Å². The number of nitrogens with two attached hydrogens (primary N) is 2. The van der Waals surface area contributed by atoms with E-state index >= 15 is 0 Å². The molecule has 0 spiro atoms. The van der Waals surface area contributed by atoms with Crippen molar-refractivity contribution in [3.63, 3.8) is 0 Å². The summed E-state index contributed by atoms with van der Waals surface area (Å²) in [7, 11) is 1.92. The number of imidazole rings is 1. The summed E-state index contributed by atoms with van der Waals surface area (Å²) in [6.07, 6.45) is 0. The van der Waals surface area contributed by atoms with Gasteiger partial charge in [0.25, 0.3) is 11.7 Å². The molecule has 2 aromatic heterocycles. The molecule has 0 saturated carbocycles. The van der Waals surface area contributed by atoms with E-state index in [0.29, 0.717) is 6.54 Å². The van der Waals surface area contributed by atoms with E-state index in [2.05, 4.69) is 19.9 Å². The highest BCUT2D eigenvalue weighted by Gasteiger charge is 2.23. The van der Waals surface area contributed by atoms with Crippen molar-refractivity contribution in [3.05, 3.63) is 40.4 Å². The lowest BCUT2D eigenvalue weighted by Crippen LogP contribution is -2.38. The highest BCUT2D eigenvalue weighted by Crippen LogP contribution is 2.19. The fourth-order valence-electron chi connectivity index (χ4n) is 3.04. The highest BCUT2D eigenvalue weighted by atomic mass is 35.5. The first kappa shape index (κ1) is 18.9. The van der Waals surface area contributed by atoms with Crippen LogP contribution in [0.5, 0.6) is 0 Å². The topological polar surface area (TPSA) is 136 Å². The number of aliphatic hydroxyl groups excluding tert-OH is 1. The lowest BCUT2D eigenvalue weighted by Gasteiger charge is -2.07. The van der Waals surface area contributed by atoms with Crippen LogP contribution >= 0.6 is 11.6 Å². The average molecular weight is 391 g/mol. The number of aryl methyl sites for hydroxylation is 2. The second-order valence-corrected chi connectivity index (χ2v) is 6.37. The number of nitrogen functional groups attached to an aromatic ring is 2. The first-order chi connectivity index (χ1) is 12.9. The second-order valence-electron chi connectivity index (χ2n) is 6.02. The van der Waals surface area contributed by atoms with E-state index < -0.39 is 5.91 Å². The summed E-state index contributed by atoms with van der Waals surface area (Å²) in [5.41, 5.74) is 14.0. The van der Waals surface area contributed by atoms with Crippen LogP contribution in [0.2, 0.25) is 5.15 Å². The molecule has 2 heterocycles. The molecule has 6 N–H and O–H groups in total. The van der Waals surface area contributed by atoms with Gasteiger partial charge >= 0.3 is 0 Å². The molecule has 3 aromatic rings. The molecular weight excluding hydrogens is 370 g/mol. The molecule has 0 aliphatic carbocycles. The van der Waals surface area contributed by atoms with Gasteiger partial charge in [0.1, 0.15) is 6.54 Å². The van der Waals surface area contributed by atoms with Gasteiger partial charge in [0.2, 0.25) is 0 Å². The van der Waals surface area contributed by atoms with E-state index in [-0.39, 0.29) is 35.6 Å². The predicted octanol–water partition coefficient (Wildman–Crippen LogP) is 0.516. The number of carbonyl (C=O) groups excluding carboxylic acids is 1. The van der Waals surface area contributed by atoms with E-state index in [1.165, 1.54) is 0 Å². The predicted molar refractivity (Wildman–Crippen MR) is 102 cm³/mol. The number of hydrogen-bond donors (Lipinski definition) is 4. The van der Waals surface area contributed by atoms with Gasteiger partial charge in [-0.25, -0.2) is 19.1 Å². The summed E-state index contributed by atoms with van der Waals surface area (Å²) >= 11 is 5.84. The van der Waals surface area contributed by atoms with Gasteiger partial charge in [-0.05, 0) is 24.6 Å². The molecule has 1 aromatic carbocycles. The Morgan fingerprint density at radius 3 is 2.74 bits per heavy atom. The number of amides is 1. The first-order valence-corrected chi connectivity index (χ1v) is 8.72. The van der Waals surface area contributed by atoms with Crippen molar-refractivity contribution in [1.82, 2.24) is 19.9 Å². The number of nitrogens with one attached hydrogen (secondary N) is 1. The molecule has 0 unspecified atom stereocenters. The number of nitrogens with zero attached hydrogens (tertiary/aromatic N) is 4.